The van der Waals surface area contributed by atoms with Crippen LogP contribution in [0.3, 0.4) is 0 Å². The van der Waals surface area contributed by atoms with Gasteiger partial charge in [-0.05, 0) is 24.6 Å². The molecule has 1 amide bonds. The Kier molecular flexibility index (Phi) is 6.27. The number of benzene rings is 1. The first-order valence-corrected chi connectivity index (χ1v) is 6.49. The van der Waals surface area contributed by atoms with Gasteiger partial charge in [-0.25, -0.2) is 0 Å². The van der Waals surface area contributed by atoms with Gasteiger partial charge in [-0.1, -0.05) is 12.1 Å². The fourth-order valence-corrected chi connectivity index (χ4v) is 1.75. The average Bonchev–Trinajstić information content (AvgIpc) is 2.43. The van der Waals surface area contributed by atoms with Crippen molar-refractivity contribution in [1.82, 2.24) is 4.90 Å². The Bertz CT molecular complexity index is 529. The van der Waals surface area contributed by atoms with Gasteiger partial charge in [-0.15, -0.1) is 6.58 Å². The molecule has 0 aliphatic heterocycles. The number of rotatable bonds is 7. The van der Waals surface area contributed by atoms with Gasteiger partial charge < -0.3 is 14.4 Å². The molecule has 0 radical (unpaired) electrons. The molecule has 0 N–H and O–H groups in total. The Hall–Kier alpha value is -2.18. The number of halogens is 3. The summed E-state index contributed by atoms with van der Waals surface area (Å²) in [6.07, 6.45) is -3.24. The van der Waals surface area contributed by atoms with E-state index in [9.17, 15) is 18.0 Å². The van der Waals surface area contributed by atoms with E-state index in [-0.39, 0.29) is 6.54 Å². The van der Waals surface area contributed by atoms with Crippen LogP contribution in [0.15, 0.2) is 30.9 Å². The van der Waals surface area contributed by atoms with E-state index in [1.165, 1.54) is 13.2 Å². The van der Waals surface area contributed by atoms with Crippen molar-refractivity contribution in [2.24, 2.45) is 0 Å². The van der Waals surface area contributed by atoms with E-state index >= 15 is 0 Å². The lowest BCUT2D eigenvalue weighted by Gasteiger charge is -2.22. The summed E-state index contributed by atoms with van der Waals surface area (Å²) in [4.78, 5) is 12.5. The smallest absolute Gasteiger partial charge is 0.406 e. The lowest BCUT2D eigenvalue weighted by atomic mass is 10.2. The van der Waals surface area contributed by atoms with Crippen molar-refractivity contribution >= 4 is 5.91 Å². The highest BCUT2D eigenvalue weighted by Gasteiger charge is 2.32. The molecule has 0 saturated heterocycles. The summed E-state index contributed by atoms with van der Waals surface area (Å²) in [5, 5.41) is 0. The van der Waals surface area contributed by atoms with Crippen LogP contribution in [0.5, 0.6) is 11.5 Å². The minimum atomic E-state index is -4.47. The van der Waals surface area contributed by atoms with Crippen molar-refractivity contribution in [3.63, 3.8) is 0 Å². The molecule has 0 atom stereocenters. The number of carbonyl (C=O) groups is 1. The molecule has 1 aromatic rings. The quantitative estimate of drug-likeness (QED) is 0.726. The number of alkyl halides is 3. The Morgan fingerprint density at radius 3 is 2.59 bits per heavy atom. The Morgan fingerprint density at radius 2 is 2.05 bits per heavy atom. The molecule has 0 bridgehead atoms. The van der Waals surface area contributed by atoms with Crippen LogP contribution >= 0.6 is 0 Å². The summed E-state index contributed by atoms with van der Waals surface area (Å²) in [6, 6.07) is 5.06. The molecule has 0 saturated carbocycles. The second-order valence-electron chi connectivity index (χ2n) is 4.62. The summed E-state index contributed by atoms with van der Waals surface area (Å²) < 4.78 is 47.6. The number of carbonyl (C=O) groups excluding carboxylic acids is 1. The van der Waals surface area contributed by atoms with Crippen LogP contribution in [0.4, 0.5) is 13.2 Å². The van der Waals surface area contributed by atoms with Crippen LogP contribution in [-0.4, -0.2) is 43.8 Å². The zero-order valence-electron chi connectivity index (χ0n) is 12.4. The molecule has 0 aliphatic rings. The third kappa shape index (κ3) is 5.67. The molecular weight excluding hydrogens is 299 g/mol. The van der Waals surface area contributed by atoms with Crippen molar-refractivity contribution < 1.29 is 27.4 Å². The van der Waals surface area contributed by atoms with Crippen molar-refractivity contribution in [1.29, 1.82) is 0 Å². The number of amides is 1. The molecule has 22 heavy (non-hydrogen) atoms. The zero-order valence-corrected chi connectivity index (χ0v) is 12.4. The number of ether oxygens (including phenoxy) is 2. The first-order valence-electron chi connectivity index (χ1n) is 6.49. The lowest BCUT2D eigenvalue weighted by Crippen LogP contribution is -2.41. The molecule has 1 rings (SSSR count). The maximum absolute atomic E-state index is 12.4. The SMILES string of the molecule is C=CCN(CC(F)(F)F)C(=O)COc1ccc(C)cc1OC. The molecule has 1 aromatic carbocycles. The summed E-state index contributed by atoms with van der Waals surface area (Å²) in [5.41, 5.74) is 0.931. The Labute approximate surface area is 127 Å². The van der Waals surface area contributed by atoms with E-state index in [4.69, 9.17) is 9.47 Å². The van der Waals surface area contributed by atoms with Crippen molar-refractivity contribution in [3.8, 4) is 11.5 Å². The second-order valence-corrected chi connectivity index (χ2v) is 4.62. The summed E-state index contributed by atoms with van der Waals surface area (Å²) >= 11 is 0. The summed E-state index contributed by atoms with van der Waals surface area (Å²) in [5.74, 6) is -0.0641. The maximum Gasteiger partial charge on any atom is 0.406 e. The van der Waals surface area contributed by atoms with Crippen LogP contribution in [-0.2, 0) is 4.79 Å². The van der Waals surface area contributed by atoms with Crippen molar-refractivity contribution in [2.75, 3.05) is 26.8 Å². The van der Waals surface area contributed by atoms with E-state index in [2.05, 4.69) is 6.58 Å². The van der Waals surface area contributed by atoms with Gasteiger partial charge in [-0.3, -0.25) is 4.79 Å². The van der Waals surface area contributed by atoms with Gasteiger partial charge in [0.15, 0.2) is 18.1 Å². The van der Waals surface area contributed by atoms with E-state index in [0.717, 1.165) is 5.56 Å². The number of hydrogen-bond acceptors (Lipinski definition) is 3. The normalized spacial score (nSPS) is 11.0. The maximum atomic E-state index is 12.4. The number of hydrogen-bond donors (Lipinski definition) is 0. The topological polar surface area (TPSA) is 38.8 Å². The first kappa shape index (κ1) is 17.9. The predicted molar refractivity (Wildman–Crippen MR) is 76.1 cm³/mol. The minimum Gasteiger partial charge on any atom is -0.493 e. The Balaban J connectivity index is 2.72. The molecule has 0 unspecified atom stereocenters. The minimum absolute atomic E-state index is 0.202. The summed E-state index contributed by atoms with van der Waals surface area (Å²) in [6.45, 7) is 3.15. The highest BCUT2D eigenvalue weighted by Crippen LogP contribution is 2.27. The third-order valence-corrected chi connectivity index (χ3v) is 2.74. The highest BCUT2D eigenvalue weighted by atomic mass is 19.4. The fraction of sp³-hybridized carbons (Fsp3) is 0.400. The second kappa shape index (κ2) is 7.72. The standard InChI is InChI=1S/C15H18F3NO3/c1-4-7-19(10-15(16,17)18)14(20)9-22-12-6-5-11(2)8-13(12)21-3/h4-6,8H,1,7,9-10H2,2-3H3. The van der Waals surface area contributed by atoms with E-state index < -0.39 is 25.2 Å². The van der Waals surface area contributed by atoms with Gasteiger partial charge in [0, 0.05) is 6.54 Å². The molecule has 0 spiro atoms. The molecule has 122 valence electrons. The first-order chi connectivity index (χ1) is 10.3. The van der Waals surface area contributed by atoms with Gasteiger partial charge in [-0.2, -0.15) is 13.2 Å². The number of nitrogens with zero attached hydrogens (tertiary/aromatic N) is 1. The predicted octanol–water partition coefficient (Wildman–Crippen LogP) is 2.96. The monoisotopic (exact) mass is 317 g/mol. The number of methoxy groups -OCH3 is 1. The van der Waals surface area contributed by atoms with Gasteiger partial charge >= 0.3 is 6.18 Å². The van der Waals surface area contributed by atoms with E-state index in [1.54, 1.807) is 18.2 Å². The molecular formula is C15H18F3NO3. The average molecular weight is 317 g/mol. The fourth-order valence-electron chi connectivity index (χ4n) is 1.75. The van der Waals surface area contributed by atoms with Gasteiger partial charge in [0.05, 0.1) is 7.11 Å². The molecule has 0 heterocycles. The largest absolute Gasteiger partial charge is 0.493 e. The Morgan fingerprint density at radius 1 is 1.36 bits per heavy atom. The highest BCUT2D eigenvalue weighted by molar-refractivity contribution is 5.78. The third-order valence-electron chi connectivity index (χ3n) is 2.74. The van der Waals surface area contributed by atoms with Crippen LogP contribution in [0.2, 0.25) is 0 Å². The van der Waals surface area contributed by atoms with Gasteiger partial charge in [0.1, 0.15) is 6.54 Å². The van der Waals surface area contributed by atoms with Crippen LogP contribution in [0, 0.1) is 6.92 Å². The molecule has 0 fully saturated rings. The number of aryl methyl sites for hydroxylation is 1. The van der Waals surface area contributed by atoms with Gasteiger partial charge in [0.25, 0.3) is 5.91 Å². The van der Waals surface area contributed by atoms with Gasteiger partial charge in [0.2, 0.25) is 0 Å². The van der Waals surface area contributed by atoms with E-state index in [0.29, 0.717) is 16.4 Å². The summed E-state index contributed by atoms with van der Waals surface area (Å²) in [7, 11) is 1.44. The zero-order chi connectivity index (χ0) is 16.8. The molecule has 7 heteroatoms. The van der Waals surface area contributed by atoms with Crippen molar-refractivity contribution in [3.05, 3.63) is 36.4 Å². The van der Waals surface area contributed by atoms with Crippen LogP contribution in [0.25, 0.3) is 0 Å². The van der Waals surface area contributed by atoms with Crippen LogP contribution in [0.1, 0.15) is 5.56 Å². The lowest BCUT2D eigenvalue weighted by molar-refractivity contribution is -0.161. The molecule has 4 nitrogen and oxygen atoms in total. The van der Waals surface area contributed by atoms with E-state index in [1.807, 2.05) is 6.92 Å². The molecule has 0 aromatic heterocycles. The molecule has 0 aliphatic carbocycles. The van der Waals surface area contributed by atoms with Crippen LogP contribution < -0.4 is 9.47 Å². The van der Waals surface area contributed by atoms with Crippen molar-refractivity contribution in [2.45, 2.75) is 13.1 Å².